The number of rotatable bonds is 5. The number of hydrogen-bond acceptors (Lipinski definition) is 6. The number of nitro groups is 1. The SMILES string of the molecule is COc1ccc([N+](=O)[O-])c(NCc2ccc(C)o2)n1. The van der Waals surface area contributed by atoms with Crippen LogP contribution in [0.2, 0.25) is 0 Å². The number of methoxy groups -OCH3 is 1. The molecule has 19 heavy (non-hydrogen) atoms. The van der Waals surface area contributed by atoms with Gasteiger partial charge in [0, 0.05) is 12.1 Å². The summed E-state index contributed by atoms with van der Waals surface area (Å²) < 4.78 is 10.3. The van der Waals surface area contributed by atoms with E-state index in [4.69, 9.17) is 9.15 Å². The topological polar surface area (TPSA) is 90.4 Å². The second-order valence-corrected chi connectivity index (χ2v) is 3.84. The standard InChI is InChI=1S/C12H13N3O4/c1-8-3-4-9(19-8)7-13-12-10(15(16)17)5-6-11(14-12)18-2/h3-6H,7H2,1-2H3,(H,13,14). The van der Waals surface area contributed by atoms with Gasteiger partial charge in [-0.05, 0) is 19.1 Å². The molecule has 0 aromatic carbocycles. The largest absolute Gasteiger partial charge is 0.481 e. The van der Waals surface area contributed by atoms with E-state index in [2.05, 4.69) is 10.3 Å². The zero-order valence-corrected chi connectivity index (χ0v) is 10.5. The summed E-state index contributed by atoms with van der Waals surface area (Å²) in [5, 5.41) is 13.8. The fraction of sp³-hybridized carbons (Fsp3) is 0.250. The molecular weight excluding hydrogens is 250 g/mol. The molecular formula is C12H13N3O4. The minimum absolute atomic E-state index is 0.107. The van der Waals surface area contributed by atoms with Gasteiger partial charge in [0.15, 0.2) is 0 Å². The molecule has 2 aromatic heterocycles. The number of nitrogens with one attached hydrogen (secondary N) is 1. The van der Waals surface area contributed by atoms with Crippen LogP contribution in [0.1, 0.15) is 11.5 Å². The van der Waals surface area contributed by atoms with Gasteiger partial charge in [0.2, 0.25) is 11.7 Å². The number of hydrogen-bond donors (Lipinski definition) is 1. The molecule has 0 unspecified atom stereocenters. The normalized spacial score (nSPS) is 10.2. The van der Waals surface area contributed by atoms with Gasteiger partial charge in [0.05, 0.1) is 18.6 Å². The summed E-state index contributed by atoms with van der Waals surface area (Å²) in [4.78, 5) is 14.4. The Morgan fingerprint density at radius 1 is 1.42 bits per heavy atom. The number of ether oxygens (including phenoxy) is 1. The van der Waals surface area contributed by atoms with Crippen LogP contribution in [-0.2, 0) is 6.54 Å². The zero-order valence-electron chi connectivity index (χ0n) is 10.5. The lowest BCUT2D eigenvalue weighted by Crippen LogP contribution is -2.05. The van der Waals surface area contributed by atoms with E-state index in [9.17, 15) is 10.1 Å². The van der Waals surface area contributed by atoms with Crippen LogP contribution in [0.25, 0.3) is 0 Å². The molecule has 0 saturated carbocycles. The highest BCUT2D eigenvalue weighted by molar-refractivity contribution is 5.57. The van der Waals surface area contributed by atoms with E-state index in [0.29, 0.717) is 18.2 Å². The lowest BCUT2D eigenvalue weighted by molar-refractivity contribution is -0.384. The molecule has 0 fully saturated rings. The van der Waals surface area contributed by atoms with Crippen LogP contribution in [0.3, 0.4) is 0 Å². The first-order valence-electron chi connectivity index (χ1n) is 5.59. The Hall–Kier alpha value is -2.57. The average molecular weight is 263 g/mol. The maximum atomic E-state index is 10.9. The number of furan rings is 1. The van der Waals surface area contributed by atoms with Crippen LogP contribution < -0.4 is 10.1 Å². The number of nitrogens with zero attached hydrogens (tertiary/aromatic N) is 2. The quantitative estimate of drug-likeness (QED) is 0.658. The molecule has 0 amide bonds. The van der Waals surface area contributed by atoms with Gasteiger partial charge in [-0.3, -0.25) is 10.1 Å². The third-order valence-electron chi connectivity index (χ3n) is 2.48. The minimum atomic E-state index is -0.498. The van der Waals surface area contributed by atoms with Gasteiger partial charge >= 0.3 is 5.69 Å². The highest BCUT2D eigenvalue weighted by Gasteiger charge is 2.16. The van der Waals surface area contributed by atoms with E-state index in [1.54, 1.807) is 6.07 Å². The molecule has 0 aliphatic rings. The molecule has 2 aromatic rings. The third-order valence-corrected chi connectivity index (χ3v) is 2.48. The van der Waals surface area contributed by atoms with Crippen molar-refractivity contribution in [2.24, 2.45) is 0 Å². The monoisotopic (exact) mass is 263 g/mol. The molecule has 0 spiro atoms. The summed E-state index contributed by atoms with van der Waals surface area (Å²) in [6.45, 7) is 2.14. The van der Waals surface area contributed by atoms with Crippen LogP contribution in [-0.4, -0.2) is 17.0 Å². The molecule has 7 heteroatoms. The second-order valence-electron chi connectivity index (χ2n) is 3.84. The van der Waals surface area contributed by atoms with Crippen LogP contribution >= 0.6 is 0 Å². The number of pyridine rings is 1. The zero-order chi connectivity index (χ0) is 13.8. The van der Waals surface area contributed by atoms with Gasteiger partial charge in [-0.15, -0.1) is 0 Å². The lowest BCUT2D eigenvalue weighted by atomic mass is 10.3. The van der Waals surface area contributed by atoms with Crippen LogP contribution in [0.5, 0.6) is 5.88 Å². The molecule has 100 valence electrons. The lowest BCUT2D eigenvalue weighted by Gasteiger charge is -2.06. The number of aryl methyl sites for hydroxylation is 1. The Bertz CT molecular complexity index is 594. The van der Waals surface area contributed by atoms with Crippen molar-refractivity contribution in [3.05, 3.63) is 45.9 Å². The van der Waals surface area contributed by atoms with Crippen molar-refractivity contribution in [2.75, 3.05) is 12.4 Å². The number of aromatic nitrogens is 1. The summed E-state index contributed by atoms with van der Waals surface area (Å²) in [6.07, 6.45) is 0. The first kappa shape index (κ1) is 12.9. The van der Waals surface area contributed by atoms with Gasteiger partial charge in [0.25, 0.3) is 0 Å². The first-order valence-corrected chi connectivity index (χ1v) is 5.59. The summed E-state index contributed by atoms with van der Waals surface area (Å²) >= 11 is 0. The molecule has 0 aliphatic heterocycles. The Morgan fingerprint density at radius 3 is 2.79 bits per heavy atom. The molecule has 1 N–H and O–H groups in total. The van der Waals surface area contributed by atoms with E-state index in [1.165, 1.54) is 19.2 Å². The van der Waals surface area contributed by atoms with Crippen molar-refractivity contribution < 1.29 is 14.1 Å². The van der Waals surface area contributed by atoms with E-state index in [0.717, 1.165) is 5.76 Å². The first-order chi connectivity index (χ1) is 9.10. The Labute approximate surface area is 109 Å². The van der Waals surface area contributed by atoms with Gasteiger partial charge in [-0.1, -0.05) is 0 Å². The maximum Gasteiger partial charge on any atom is 0.311 e. The maximum absolute atomic E-state index is 10.9. The van der Waals surface area contributed by atoms with Crippen molar-refractivity contribution in [3.8, 4) is 5.88 Å². The predicted molar refractivity (Wildman–Crippen MR) is 68.2 cm³/mol. The summed E-state index contributed by atoms with van der Waals surface area (Å²) in [7, 11) is 1.45. The Kier molecular flexibility index (Phi) is 3.65. The predicted octanol–water partition coefficient (Wildman–Crippen LogP) is 2.51. The Balaban J connectivity index is 2.19. The third kappa shape index (κ3) is 3.01. The molecule has 7 nitrogen and oxygen atoms in total. The summed E-state index contributed by atoms with van der Waals surface area (Å²) in [5.74, 6) is 1.92. The van der Waals surface area contributed by atoms with E-state index >= 15 is 0 Å². The molecule has 0 radical (unpaired) electrons. The molecule has 2 rings (SSSR count). The highest BCUT2D eigenvalue weighted by Crippen LogP contribution is 2.25. The molecule has 0 saturated heterocycles. The van der Waals surface area contributed by atoms with Gasteiger partial charge in [0.1, 0.15) is 11.5 Å². The molecule has 0 atom stereocenters. The number of anilines is 1. The van der Waals surface area contributed by atoms with Gasteiger partial charge in [-0.2, -0.15) is 4.98 Å². The van der Waals surface area contributed by atoms with Gasteiger partial charge in [-0.25, -0.2) is 0 Å². The van der Waals surface area contributed by atoms with Crippen LogP contribution in [0, 0.1) is 17.0 Å². The fourth-order valence-corrected chi connectivity index (χ4v) is 1.58. The highest BCUT2D eigenvalue weighted by atomic mass is 16.6. The molecule has 2 heterocycles. The fourth-order valence-electron chi connectivity index (χ4n) is 1.58. The van der Waals surface area contributed by atoms with Gasteiger partial charge < -0.3 is 14.5 Å². The van der Waals surface area contributed by atoms with Crippen molar-refractivity contribution in [2.45, 2.75) is 13.5 Å². The molecule has 0 aliphatic carbocycles. The van der Waals surface area contributed by atoms with Crippen molar-refractivity contribution in [1.29, 1.82) is 0 Å². The van der Waals surface area contributed by atoms with E-state index in [-0.39, 0.29) is 11.5 Å². The summed E-state index contributed by atoms with van der Waals surface area (Å²) in [6, 6.07) is 6.42. The second kappa shape index (κ2) is 5.38. The van der Waals surface area contributed by atoms with Crippen LogP contribution in [0.4, 0.5) is 11.5 Å². The van der Waals surface area contributed by atoms with Crippen molar-refractivity contribution >= 4 is 11.5 Å². The summed E-state index contributed by atoms with van der Waals surface area (Å²) in [5.41, 5.74) is -0.107. The smallest absolute Gasteiger partial charge is 0.311 e. The van der Waals surface area contributed by atoms with Crippen molar-refractivity contribution in [1.82, 2.24) is 4.98 Å². The minimum Gasteiger partial charge on any atom is -0.481 e. The van der Waals surface area contributed by atoms with E-state index < -0.39 is 4.92 Å². The van der Waals surface area contributed by atoms with Crippen LogP contribution in [0.15, 0.2) is 28.7 Å². The molecule has 0 bridgehead atoms. The van der Waals surface area contributed by atoms with E-state index in [1.807, 2.05) is 13.0 Å². The Morgan fingerprint density at radius 2 is 2.21 bits per heavy atom. The van der Waals surface area contributed by atoms with Crippen molar-refractivity contribution in [3.63, 3.8) is 0 Å². The average Bonchev–Trinajstić information content (AvgIpc) is 2.81.